The van der Waals surface area contributed by atoms with Crippen molar-refractivity contribution in [3.63, 3.8) is 0 Å². The molecule has 0 aromatic heterocycles. The molecular formula is C12H11N3. The van der Waals surface area contributed by atoms with Crippen molar-refractivity contribution < 1.29 is 0 Å². The molecule has 0 unspecified atom stereocenters. The molecule has 1 aromatic carbocycles. The number of benzene rings is 1. The molecule has 1 N–H and O–H groups in total. The Morgan fingerprint density at radius 3 is 3.00 bits per heavy atom. The van der Waals surface area contributed by atoms with Crippen LogP contribution in [0.4, 0.5) is 5.69 Å². The minimum absolute atomic E-state index is 0.830. The van der Waals surface area contributed by atoms with Gasteiger partial charge in [0, 0.05) is 18.1 Å². The van der Waals surface area contributed by atoms with E-state index in [1.807, 2.05) is 37.3 Å². The number of amidine groups is 1. The van der Waals surface area contributed by atoms with Crippen LogP contribution >= 0.6 is 0 Å². The Balaban J connectivity index is 2.55. The predicted molar refractivity (Wildman–Crippen MR) is 60.6 cm³/mol. The summed E-state index contributed by atoms with van der Waals surface area (Å²) in [4.78, 5) is 4.45. The van der Waals surface area contributed by atoms with Gasteiger partial charge in [-0.1, -0.05) is 25.1 Å². The van der Waals surface area contributed by atoms with E-state index in [-0.39, 0.29) is 0 Å². The predicted octanol–water partition coefficient (Wildman–Crippen LogP) is 2.59. The molecule has 0 radical (unpaired) electrons. The lowest BCUT2D eigenvalue weighted by Gasteiger charge is -2.18. The lowest BCUT2D eigenvalue weighted by atomic mass is 10.1. The van der Waals surface area contributed by atoms with E-state index in [9.17, 15) is 0 Å². The first-order valence-corrected chi connectivity index (χ1v) is 4.89. The second-order valence-electron chi connectivity index (χ2n) is 3.24. The van der Waals surface area contributed by atoms with Gasteiger partial charge in [-0.3, -0.25) is 0 Å². The molecule has 0 bridgehead atoms. The zero-order valence-electron chi connectivity index (χ0n) is 8.49. The van der Waals surface area contributed by atoms with Gasteiger partial charge >= 0.3 is 0 Å². The van der Waals surface area contributed by atoms with Crippen molar-refractivity contribution >= 4 is 17.2 Å². The molecule has 0 saturated carbocycles. The molecule has 74 valence electrons. The summed E-state index contributed by atoms with van der Waals surface area (Å²) in [5.41, 5.74) is 2.74. The lowest BCUT2D eigenvalue weighted by molar-refractivity contribution is 1.12. The number of nitrogens with zero attached hydrogens (tertiary/aromatic N) is 2. The summed E-state index contributed by atoms with van der Waals surface area (Å²) < 4.78 is 0. The highest BCUT2D eigenvalue weighted by atomic mass is 15.0. The summed E-state index contributed by atoms with van der Waals surface area (Å²) in [6, 6.07) is 9.85. The number of nitriles is 1. The van der Waals surface area contributed by atoms with E-state index in [1.165, 1.54) is 6.08 Å². The van der Waals surface area contributed by atoms with E-state index in [0.29, 0.717) is 0 Å². The van der Waals surface area contributed by atoms with E-state index >= 15 is 0 Å². The third-order valence-corrected chi connectivity index (χ3v) is 2.27. The van der Waals surface area contributed by atoms with E-state index < -0.39 is 0 Å². The summed E-state index contributed by atoms with van der Waals surface area (Å²) in [5, 5.41) is 11.8. The number of rotatable bonds is 1. The fourth-order valence-corrected chi connectivity index (χ4v) is 1.54. The van der Waals surface area contributed by atoms with Gasteiger partial charge in [-0.25, -0.2) is 4.99 Å². The molecule has 0 amide bonds. The largest absolute Gasteiger partial charge is 0.343 e. The number of nitrogens with one attached hydrogen (secondary N) is 1. The van der Waals surface area contributed by atoms with E-state index in [2.05, 4.69) is 10.3 Å². The summed E-state index contributed by atoms with van der Waals surface area (Å²) in [6.45, 7) is 2.03. The second-order valence-corrected chi connectivity index (χ2v) is 3.24. The SMILES string of the molecule is CCC1=Nc2ccccc2/C(=C/C#N)N1. The number of hydrogen-bond acceptors (Lipinski definition) is 3. The number of aliphatic imine (C=N–C) groups is 1. The first-order valence-electron chi connectivity index (χ1n) is 4.89. The second kappa shape index (κ2) is 3.97. The summed E-state index contributed by atoms with van der Waals surface area (Å²) >= 11 is 0. The molecule has 0 spiro atoms. The van der Waals surface area contributed by atoms with Gasteiger partial charge < -0.3 is 5.32 Å². The highest BCUT2D eigenvalue weighted by Gasteiger charge is 2.13. The van der Waals surface area contributed by atoms with Crippen LogP contribution in [-0.2, 0) is 0 Å². The number of fused-ring (bicyclic) bond motifs is 1. The summed E-state index contributed by atoms with van der Waals surface area (Å²) in [5.74, 6) is 0.898. The Morgan fingerprint density at radius 1 is 1.47 bits per heavy atom. The molecule has 1 aromatic rings. The smallest absolute Gasteiger partial charge is 0.106 e. The number of hydrogen-bond donors (Lipinski definition) is 1. The van der Waals surface area contributed by atoms with Crippen LogP contribution in [0.1, 0.15) is 18.9 Å². The minimum atomic E-state index is 0.830. The van der Waals surface area contributed by atoms with Crippen molar-refractivity contribution in [1.29, 1.82) is 5.26 Å². The van der Waals surface area contributed by atoms with E-state index in [0.717, 1.165) is 29.2 Å². The van der Waals surface area contributed by atoms with Crippen molar-refractivity contribution in [2.24, 2.45) is 4.99 Å². The Hall–Kier alpha value is -2.08. The Morgan fingerprint density at radius 2 is 2.27 bits per heavy atom. The van der Waals surface area contributed by atoms with E-state index in [1.54, 1.807) is 0 Å². The maximum Gasteiger partial charge on any atom is 0.106 e. The fraction of sp³-hybridized carbons (Fsp3) is 0.167. The third-order valence-electron chi connectivity index (χ3n) is 2.27. The molecule has 3 nitrogen and oxygen atoms in total. The highest BCUT2D eigenvalue weighted by molar-refractivity contribution is 5.98. The normalized spacial score (nSPS) is 16.3. The molecule has 1 heterocycles. The molecule has 3 heteroatoms. The van der Waals surface area contributed by atoms with Crippen molar-refractivity contribution in [3.05, 3.63) is 35.9 Å². The van der Waals surface area contributed by atoms with Gasteiger partial charge in [0.15, 0.2) is 0 Å². The van der Waals surface area contributed by atoms with Crippen LogP contribution in [0.25, 0.3) is 5.70 Å². The summed E-state index contributed by atoms with van der Waals surface area (Å²) in [7, 11) is 0. The third kappa shape index (κ3) is 1.75. The van der Waals surface area contributed by atoms with Gasteiger partial charge in [0.05, 0.1) is 17.5 Å². The molecule has 0 saturated heterocycles. The maximum absolute atomic E-state index is 8.70. The van der Waals surface area contributed by atoms with Crippen molar-refractivity contribution in [2.75, 3.05) is 0 Å². The zero-order valence-corrected chi connectivity index (χ0v) is 8.49. The average Bonchev–Trinajstić information content (AvgIpc) is 2.29. The van der Waals surface area contributed by atoms with E-state index in [4.69, 9.17) is 5.26 Å². The van der Waals surface area contributed by atoms with Crippen LogP contribution in [0, 0.1) is 11.3 Å². The van der Waals surface area contributed by atoms with Crippen molar-refractivity contribution in [3.8, 4) is 6.07 Å². The Kier molecular flexibility index (Phi) is 2.51. The van der Waals surface area contributed by atoms with Crippen LogP contribution in [0.15, 0.2) is 35.3 Å². The minimum Gasteiger partial charge on any atom is -0.343 e. The van der Waals surface area contributed by atoms with Gasteiger partial charge in [0.1, 0.15) is 5.84 Å². The topological polar surface area (TPSA) is 48.2 Å². The monoisotopic (exact) mass is 197 g/mol. The van der Waals surface area contributed by atoms with Gasteiger partial charge in [-0.15, -0.1) is 0 Å². The quantitative estimate of drug-likeness (QED) is 0.703. The van der Waals surface area contributed by atoms with Gasteiger partial charge in [-0.05, 0) is 6.07 Å². The molecule has 2 rings (SSSR count). The Labute approximate surface area is 88.8 Å². The molecule has 0 fully saturated rings. The summed E-state index contributed by atoms with van der Waals surface area (Å²) in [6.07, 6.45) is 2.35. The highest BCUT2D eigenvalue weighted by Crippen LogP contribution is 2.28. The average molecular weight is 197 g/mol. The van der Waals surface area contributed by atoms with Crippen LogP contribution in [0.2, 0.25) is 0 Å². The van der Waals surface area contributed by atoms with Crippen molar-refractivity contribution in [2.45, 2.75) is 13.3 Å². The van der Waals surface area contributed by atoms with Crippen LogP contribution < -0.4 is 5.32 Å². The van der Waals surface area contributed by atoms with Crippen LogP contribution in [-0.4, -0.2) is 5.84 Å². The molecule has 15 heavy (non-hydrogen) atoms. The molecular weight excluding hydrogens is 186 g/mol. The lowest BCUT2D eigenvalue weighted by Crippen LogP contribution is -2.23. The van der Waals surface area contributed by atoms with Gasteiger partial charge in [0.2, 0.25) is 0 Å². The van der Waals surface area contributed by atoms with Crippen molar-refractivity contribution in [1.82, 2.24) is 5.32 Å². The van der Waals surface area contributed by atoms with Crippen LogP contribution in [0.3, 0.4) is 0 Å². The van der Waals surface area contributed by atoms with Crippen LogP contribution in [0.5, 0.6) is 0 Å². The Bertz CT molecular complexity index is 478. The zero-order chi connectivity index (χ0) is 10.7. The number of para-hydroxylation sites is 1. The molecule has 0 atom stereocenters. The first-order chi connectivity index (χ1) is 7.35. The fourth-order valence-electron chi connectivity index (χ4n) is 1.54. The van der Waals surface area contributed by atoms with Gasteiger partial charge in [-0.2, -0.15) is 5.26 Å². The molecule has 0 aliphatic carbocycles. The maximum atomic E-state index is 8.70. The van der Waals surface area contributed by atoms with Gasteiger partial charge in [0.25, 0.3) is 0 Å². The molecule has 1 aliphatic rings. The number of allylic oxidation sites excluding steroid dienone is 1. The molecule has 1 aliphatic heterocycles. The standard InChI is InChI=1S/C12H11N3/c1-2-12-14-10-6-4-3-5-9(10)11(15-12)7-8-13/h3-7H,2H2,1H3,(H,14,15)/b11-7-. The first kappa shape index (κ1) is 9.47.